The monoisotopic (exact) mass is 245 g/mol. The average Bonchev–Trinajstić information content (AvgIpc) is 2.65. The Balaban J connectivity index is 2.64. The standard InChI is InChI=1S/C16H23NO/c1-11(2)15-10-17(6-5-7-18)16-13(4)8-12(3)9-14(15)16/h8-11,18H,5-7H2,1-4H3. The molecule has 0 amide bonds. The maximum Gasteiger partial charge on any atom is 0.0513 e. The third-order valence-electron chi connectivity index (χ3n) is 3.52. The van der Waals surface area contributed by atoms with Crippen molar-refractivity contribution in [3.63, 3.8) is 0 Å². The fourth-order valence-electron chi connectivity index (χ4n) is 2.74. The number of aromatic nitrogens is 1. The molecule has 0 aliphatic rings. The van der Waals surface area contributed by atoms with Gasteiger partial charge < -0.3 is 9.67 Å². The topological polar surface area (TPSA) is 25.2 Å². The highest BCUT2D eigenvalue weighted by molar-refractivity contribution is 5.88. The van der Waals surface area contributed by atoms with E-state index in [9.17, 15) is 0 Å². The molecule has 0 radical (unpaired) electrons. The Bertz CT molecular complexity index is 552. The Hall–Kier alpha value is -1.28. The van der Waals surface area contributed by atoms with Gasteiger partial charge in [0.25, 0.3) is 0 Å². The number of benzene rings is 1. The number of aryl methyl sites for hydroxylation is 3. The number of nitrogens with zero attached hydrogens (tertiary/aromatic N) is 1. The van der Waals surface area contributed by atoms with Gasteiger partial charge in [-0.05, 0) is 43.4 Å². The zero-order valence-corrected chi connectivity index (χ0v) is 11.8. The second kappa shape index (κ2) is 5.15. The normalized spacial score (nSPS) is 11.7. The van der Waals surface area contributed by atoms with Crippen LogP contribution in [-0.4, -0.2) is 16.3 Å². The SMILES string of the molecule is Cc1cc(C)c2c(c1)c(C(C)C)cn2CCCO. The van der Waals surface area contributed by atoms with Crippen LogP contribution in [0.2, 0.25) is 0 Å². The van der Waals surface area contributed by atoms with Gasteiger partial charge >= 0.3 is 0 Å². The Morgan fingerprint density at radius 3 is 2.56 bits per heavy atom. The van der Waals surface area contributed by atoms with Crippen LogP contribution in [0, 0.1) is 13.8 Å². The maximum absolute atomic E-state index is 9.02. The highest BCUT2D eigenvalue weighted by atomic mass is 16.3. The largest absolute Gasteiger partial charge is 0.396 e. The lowest BCUT2D eigenvalue weighted by Gasteiger charge is -2.07. The lowest BCUT2D eigenvalue weighted by Crippen LogP contribution is -1.99. The van der Waals surface area contributed by atoms with Gasteiger partial charge in [0.1, 0.15) is 0 Å². The summed E-state index contributed by atoms with van der Waals surface area (Å²) in [5, 5.41) is 10.4. The van der Waals surface area contributed by atoms with Gasteiger partial charge in [0, 0.05) is 24.7 Å². The minimum Gasteiger partial charge on any atom is -0.396 e. The summed E-state index contributed by atoms with van der Waals surface area (Å²) in [6, 6.07) is 4.52. The van der Waals surface area contributed by atoms with E-state index in [1.165, 1.54) is 27.6 Å². The van der Waals surface area contributed by atoms with E-state index in [1.54, 1.807) is 0 Å². The fourth-order valence-corrected chi connectivity index (χ4v) is 2.74. The predicted molar refractivity (Wildman–Crippen MR) is 77.2 cm³/mol. The highest BCUT2D eigenvalue weighted by Crippen LogP contribution is 2.30. The molecule has 2 aromatic rings. The summed E-state index contributed by atoms with van der Waals surface area (Å²) in [7, 11) is 0. The van der Waals surface area contributed by atoms with Crippen molar-refractivity contribution in [2.75, 3.05) is 6.61 Å². The third kappa shape index (κ3) is 2.30. The lowest BCUT2D eigenvalue weighted by atomic mass is 9.99. The van der Waals surface area contributed by atoms with Crippen molar-refractivity contribution in [3.05, 3.63) is 35.0 Å². The summed E-state index contributed by atoms with van der Waals surface area (Å²) in [6.45, 7) is 9.95. The fraction of sp³-hybridized carbons (Fsp3) is 0.500. The number of hydrogen-bond acceptors (Lipinski definition) is 1. The smallest absolute Gasteiger partial charge is 0.0513 e. The van der Waals surface area contributed by atoms with Gasteiger partial charge in [0.05, 0.1) is 5.52 Å². The average molecular weight is 245 g/mol. The van der Waals surface area contributed by atoms with Crippen LogP contribution in [0.5, 0.6) is 0 Å². The molecule has 0 atom stereocenters. The van der Waals surface area contributed by atoms with Crippen molar-refractivity contribution >= 4 is 10.9 Å². The molecule has 0 spiro atoms. The Morgan fingerprint density at radius 2 is 1.94 bits per heavy atom. The van der Waals surface area contributed by atoms with E-state index in [0.717, 1.165) is 13.0 Å². The zero-order valence-electron chi connectivity index (χ0n) is 11.8. The first kappa shape index (κ1) is 13.2. The summed E-state index contributed by atoms with van der Waals surface area (Å²) in [4.78, 5) is 0. The van der Waals surface area contributed by atoms with Crippen LogP contribution in [0.3, 0.4) is 0 Å². The summed E-state index contributed by atoms with van der Waals surface area (Å²) < 4.78 is 2.30. The summed E-state index contributed by atoms with van der Waals surface area (Å²) in [6.07, 6.45) is 3.08. The summed E-state index contributed by atoms with van der Waals surface area (Å²) >= 11 is 0. The number of aliphatic hydroxyl groups excluding tert-OH is 1. The van der Waals surface area contributed by atoms with E-state index < -0.39 is 0 Å². The van der Waals surface area contributed by atoms with Crippen molar-refractivity contribution in [2.45, 2.75) is 46.6 Å². The van der Waals surface area contributed by atoms with E-state index in [-0.39, 0.29) is 6.61 Å². The summed E-state index contributed by atoms with van der Waals surface area (Å²) in [5.41, 5.74) is 5.39. The number of hydrogen-bond donors (Lipinski definition) is 1. The minimum absolute atomic E-state index is 0.252. The van der Waals surface area contributed by atoms with E-state index in [1.807, 2.05) is 0 Å². The first-order valence-corrected chi connectivity index (χ1v) is 6.75. The van der Waals surface area contributed by atoms with Crippen molar-refractivity contribution in [1.29, 1.82) is 0 Å². The van der Waals surface area contributed by atoms with Gasteiger partial charge in [0.2, 0.25) is 0 Å². The van der Waals surface area contributed by atoms with Crippen LogP contribution in [0.1, 0.15) is 42.9 Å². The van der Waals surface area contributed by atoms with Gasteiger partial charge in [-0.3, -0.25) is 0 Å². The van der Waals surface area contributed by atoms with Crippen molar-refractivity contribution < 1.29 is 5.11 Å². The van der Waals surface area contributed by atoms with Crippen LogP contribution >= 0.6 is 0 Å². The molecule has 0 unspecified atom stereocenters. The molecular formula is C16H23NO. The molecule has 98 valence electrons. The molecule has 0 saturated carbocycles. The second-order valence-corrected chi connectivity index (χ2v) is 5.49. The van der Waals surface area contributed by atoms with E-state index in [2.05, 4.69) is 50.6 Å². The molecule has 2 heteroatoms. The molecule has 18 heavy (non-hydrogen) atoms. The molecule has 2 rings (SSSR count). The van der Waals surface area contributed by atoms with Gasteiger partial charge in [0.15, 0.2) is 0 Å². The molecule has 1 heterocycles. The quantitative estimate of drug-likeness (QED) is 0.871. The van der Waals surface area contributed by atoms with Crippen molar-refractivity contribution in [3.8, 4) is 0 Å². The molecule has 0 saturated heterocycles. The van der Waals surface area contributed by atoms with E-state index >= 15 is 0 Å². The predicted octanol–water partition coefficient (Wildman–Crippen LogP) is 3.76. The van der Waals surface area contributed by atoms with E-state index in [4.69, 9.17) is 5.11 Å². The molecule has 2 nitrogen and oxygen atoms in total. The molecule has 0 aliphatic heterocycles. The van der Waals surface area contributed by atoms with E-state index in [0.29, 0.717) is 5.92 Å². The maximum atomic E-state index is 9.02. The molecular weight excluding hydrogens is 222 g/mol. The van der Waals surface area contributed by atoms with Crippen LogP contribution in [-0.2, 0) is 6.54 Å². The van der Waals surface area contributed by atoms with Gasteiger partial charge in [-0.1, -0.05) is 25.5 Å². The minimum atomic E-state index is 0.252. The van der Waals surface area contributed by atoms with Crippen LogP contribution < -0.4 is 0 Å². The van der Waals surface area contributed by atoms with Crippen LogP contribution in [0.4, 0.5) is 0 Å². The van der Waals surface area contributed by atoms with Gasteiger partial charge in [-0.15, -0.1) is 0 Å². The lowest BCUT2D eigenvalue weighted by molar-refractivity contribution is 0.280. The summed E-state index contributed by atoms with van der Waals surface area (Å²) in [5.74, 6) is 0.532. The van der Waals surface area contributed by atoms with Crippen molar-refractivity contribution in [2.24, 2.45) is 0 Å². The number of fused-ring (bicyclic) bond motifs is 1. The zero-order chi connectivity index (χ0) is 13.3. The Kier molecular flexibility index (Phi) is 3.76. The van der Waals surface area contributed by atoms with Crippen LogP contribution in [0.25, 0.3) is 10.9 Å². The Morgan fingerprint density at radius 1 is 1.22 bits per heavy atom. The van der Waals surface area contributed by atoms with Crippen LogP contribution in [0.15, 0.2) is 18.3 Å². The van der Waals surface area contributed by atoms with Gasteiger partial charge in [-0.2, -0.15) is 0 Å². The molecule has 1 N–H and O–H groups in total. The Labute approximate surface area is 109 Å². The number of aliphatic hydroxyl groups is 1. The first-order valence-electron chi connectivity index (χ1n) is 6.75. The molecule has 0 aliphatic carbocycles. The first-order chi connectivity index (χ1) is 8.54. The van der Waals surface area contributed by atoms with Crippen molar-refractivity contribution in [1.82, 2.24) is 4.57 Å². The second-order valence-electron chi connectivity index (χ2n) is 5.49. The molecule has 0 fully saturated rings. The molecule has 1 aromatic carbocycles. The third-order valence-corrected chi connectivity index (χ3v) is 3.52. The molecule has 1 aromatic heterocycles. The van der Waals surface area contributed by atoms with Gasteiger partial charge in [-0.25, -0.2) is 0 Å². The highest BCUT2D eigenvalue weighted by Gasteiger charge is 2.13. The number of rotatable bonds is 4. The molecule has 0 bridgehead atoms.